The quantitative estimate of drug-likeness (QED) is 0.852. The molecular weight excluding hydrogens is 244 g/mol. The van der Waals surface area contributed by atoms with E-state index < -0.39 is 5.60 Å². The van der Waals surface area contributed by atoms with E-state index in [9.17, 15) is 9.90 Å². The fourth-order valence-electron chi connectivity index (χ4n) is 2.61. The molecule has 1 aromatic carbocycles. The zero-order valence-electron chi connectivity index (χ0n) is 11.9. The first-order valence-electron chi connectivity index (χ1n) is 6.45. The van der Waals surface area contributed by atoms with Gasteiger partial charge in [0.15, 0.2) is 0 Å². The second-order valence-electron chi connectivity index (χ2n) is 5.49. The van der Waals surface area contributed by atoms with Gasteiger partial charge in [-0.05, 0) is 57.2 Å². The van der Waals surface area contributed by atoms with Gasteiger partial charge in [0.2, 0.25) is 0 Å². The van der Waals surface area contributed by atoms with Gasteiger partial charge in [-0.25, -0.2) is 0 Å². The van der Waals surface area contributed by atoms with Crippen LogP contribution in [-0.4, -0.2) is 23.8 Å². The van der Waals surface area contributed by atoms with Crippen LogP contribution in [0.15, 0.2) is 0 Å². The molecule has 0 radical (unpaired) electrons. The van der Waals surface area contributed by atoms with E-state index in [0.29, 0.717) is 12.2 Å². The van der Waals surface area contributed by atoms with Crippen molar-refractivity contribution < 1.29 is 19.4 Å². The zero-order chi connectivity index (χ0) is 14.2. The number of carbonyl (C=O) groups excluding carboxylic acids is 1. The molecule has 0 saturated heterocycles. The van der Waals surface area contributed by atoms with Crippen molar-refractivity contribution in [3.63, 3.8) is 0 Å². The van der Waals surface area contributed by atoms with Crippen LogP contribution in [0.4, 0.5) is 0 Å². The molecule has 1 heterocycles. The van der Waals surface area contributed by atoms with Crippen LogP contribution in [0.1, 0.15) is 35.6 Å². The number of ether oxygens (including phenoxy) is 2. The van der Waals surface area contributed by atoms with E-state index in [0.717, 1.165) is 40.8 Å². The summed E-state index contributed by atoms with van der Waals surface area (Å²) in [6.45, 7) is 8.37. The molecule has 1 aliphatic heterocycles. The average molecular weight is 264 g/mol. The van der Waals surface area contributed by atoms with Crippen LogP contribution < -0.4 is 4.74 Å². The lowest BCUT2D eigenvalue weighted by Crippen LogP contribution is -2.41. The Labute approximate surface area is 113 Å². The molecule has 0 saturated carbocycles. The van der Waals surface area contributed by atoms with Gasteiger partial charge in [0.25, 0.3) is 6.47 Å². The minimum Gasteiger partial charge on any atom is -0.507 e. The van der Waals surface area contributed by atoms with Gasteiger partial charge in [0.05, 0.1) is 0 Å². The number of fused-ring (bicyclic) bond motifs is 1. The number of hydrogen-bond acceptors (Lipinski definition) is 4. The van der Waals surface area contributed by atoms with Gasteiger partial charge in [0.1, 0.15) is 23.7 Å². The van der Waals surface area contributed by atoms with Crippen LogP contribution in [0.25, 0.3) is 0 Å². The Balaban J connectivity index is 2.43. The SMILES string of the molecule is Cc1c(C)c2c(c(C)c1O)CC[C@](C)(COC=O)O2. The van der Waals surface area contributed by atoms with Crippen LogP contribution in [-0.2, 0) is 16.0 Å². The normalized spacial score (nSPS) is 21.5. The molecule has 0 aliphatic carbocycles. The maximum absolute atomic E-state index is 10.3. The highest BCUT2D eigenvalue weighted by molar-refractivity contribution is 5.58. The molecule has 4 heteroatoms. The highest BCUT2D eigenvalue weighted by Crippen LogP contribution is 2.43. The topological polar surface area (TPSA) is 55.8 Å². The molecule has 0 aromatic heterocycles. The molecule has 1 N–H and O–H groups in total. The zero-order valence-corrected chi connectivity index (χ0v) is 11.9. The second kappa shape index (κ2) is 4.76. The lowest BCUT2D eigenvalue weighted by atomic mass is 9.87. The van der Waals surface area contributed by atoms with Crippen molar-refractivity contribution in [2.75, 3.05) is 6.61 Å². The van der Waals surface area contributed by atoms with Crippen LogP contribution >= 0.6 is 0 Å². The standard InChI is InChI=1S/C15H20O4/c1-9-10(2)14-12(11(3)13(9)17)5-6-15(4,19-14)7-18-8-16/h8,17H,5-7H2,1-4H3/t15-/m1/s1. The Morgan fingerprint density at radius 3 is 2.63 bits per heavy atom. The Morgan fingerprint density at radius 1 is 1.32 bits per heavy atom. The first-order valence-corrected chi connectivity index (χ1v) is 6.45. The van der Waals surface area contributed by atoms with Crippen molar-refractivity contribution in [1.29, 1.82) is 0 Å². The maximum Gasteiger partial charge on any atom is 0.293 e. The molecule has 1 atom stereocenters. The van der Waals surface area contributed by atoms with Crippen LogP contribution in [0, 0.1) is 20.8 Å². The molecule has 4 nitrogen and oxygen atoms in total. The summed E-state index contributed by atoms with van der Waals surface area (Å²) in [5.74, 6) is 1.18. The van der Waals surface area contributed by atoms with Gasteiger partial charge in [0, 0.05) is 5.56 Å². The summed E-state index contributed by atoms with van der Waals surface area (Å²) >= 11 is 0. The first-order chi connectivity index (χ1) is 8.89. The summed E-state index contributed by atoms with van der Waals surface area (Å²) in [4.78, 5) is 10.3. The first kappa shape index (κ1) is 13.7. The largest absolute Gasteiger partial charge is 0.507 e. The molecule has 2 rings (SSSR count). The summed E-state index contributed by atoms with van der Waals surface area (Å²) in [6.07, 6.45) is 1.57. The lowest BCUT2D eigenvalue weighted by Gasteiger charge is -2.37. The summed E-state index contributed by atoms with van der Waals surface area (Å²) in [5.41, 5.74) is 3.25. The van der Waals surface area contributed by atoms with E-state index in [1.165, 1.54) is 0 Å². The fourth-order valence-corrected chi connectivity index (χ4v) is 2.61. The third-order valence-electron chi connectivity index (χ3n) is 4.05. The minimum absolute atomic E-state index is 0.244. The van der Waals surface area contributed by atoms with E-state index in [-0.39, 0.29) is 6.61 Å². The molecule has 0 spiro atoms. The Hall–Kier alpha value is -1.71. The summed E-state index contributed by atoms with van der Waals surface area (Å²) in [7, 11) is 0. The van der Waals surface area contributed by atoms with Crippen molar-refractivity contribution in [1.82, 2.24) is 0 Å². The predicted octanol–water partition coefficient (Wildman–Crippen LogP) is 2.57. The molecule has 0 fully saturated rings. The lowest BCUT2D eigenvalue weighted by molar-refractivity contribution is -0.134. The Kier molecular flexibility index (Phi) is 3.43. The monoisotopic (exact) mass is 264 g/mol. The smallest absolute Gasteiger partial charge is 0.293 e. The number of carbonyl (C=O) groups is 1. The van der Waals surface area contributed by atoms with Gasteiger partial charge < -0.3 is 14.6 Å². The summed E-state index contributed by atoms with van der Waals surface area (Å²) in [6, 6.07) is 0. The molecular formula is C15H20O4. The molecule has 0 unspecified atom stereocenters. The number of aromatic hydroxyl groups is 1. The van der Waals surface area contributed by atoms with Crippen LogP contribution in [0.5, 0.6) is 11.5 Å². The van der Waals surface area contributed by atoms with Gasteiger partial charge in [-0.1, -0.05) is 0 Å². The van der Waals surface area contributed by atoms with Crippen molar-refractivity contribution in [2.24, 2.45) is 0 Å². The van der Waals surface area contributed by atoms with Gasteiger partial charge >= 0.3 is 0 Å². The van der Waals surface area contributed by atoms with E-state index in [1.54, 1.807) is 0 Å². The summed E-state index contributed by atoms with van der Waals surface area (Å²) in [5, 5.41) is 10.1. The van der Waals surface area contributed by atoms with Gasteiger partial charge in [-0.3, -0.25) is 4.79 Å². The van der Waals surface area contributed by atoms with E-state index in [1.807, 2.05) is 27.7 Å². The second-order valence-corrected chi connectivity index (χ2v) is 5.49. The van der Waals surface area contributed by atoms with Crippen molar-refractivity contribution >= 4 is 6.47 Å². The van der Waals surface area contributed by atoms with Crippen molar-refractivity contribution in [3.8, 4) is 11.5 Å². The summed E-state index contributed by atoms with van der Waals surface area (Å²) < 4.78 is 10.9. The Bertz CT molecular complexity index is 522. The fraction of sp³-hybridized carbons (Fsp3) is 0.533. The molecule has 0 amide bonds. The van der Waals surface area contributed by atoms with Gasteiger partial charge in [-0.15, -0.1) is 0 Å². The minimum atomic E-state index is -0.492. The number of hydrogen-bond donors (Lipinski definition) is 1. The highest BCUT2D eigenvalue weighted by atomic mass is 16.6. The number of rotatable bonds is 3. The van der Waals surface area contributed by atoms with Crippen molar-refractivity contribution in [3.05, 3.63) is 22.3 Å². The Morgan fingerprint density at radius 2 is 2.00 bits per heavy atom. The van der Waals surface area contributed by atoms with E-state index in [2.05, 4.69) is 0 Å². The maximum atomic E-state index is 10.3. The van der Waals surface area contributed by atoms with E-state index in [4.69, 9.17) is 9.47 Å². The van der Waals surface area contributed by atoms with Crippen molar-refractivity contribution in [2.45, 2.75) is 46.1 Å². The number of phenolic OH excluding ortho intramolecular Hbond substituents is 1. The molecule has 1 aliphatic rings. The predicted molar refractivity (Wildman–Crippen MR) is 71.7 cm³/mol. The van der Waals surface area contributed by atoms with Crippen LogP contribution in [0.3, 0.4) is 0 Å². The third-order valence-corrected chi connectivity index (χ3v) is 4.05. The molecule has 1 aromatic rings. The average Bonchev–Trinajstić information content (AvgIpc) is 2.40. The van der Waals surface area contributed by atoms with Crippen LogP contribution in [0.2, 0.25) is 0 Å². The number of phenols is 1. The molecule has 0 bridgehead atoms. The number of benzene rings is 1. The van der Waals surface area contributed by atoms with E-state index >= 15 is 0 Å². The third kappa shape index (κ3) is 2.27. The molecule has 19 heavy (non-hydrogen) atoms. The molecule has 104 valence electrons. The van der Waals surface area contributed by atoms with Gasteiger partial charge in [-0.2, -0.15) is 0 Å². The highest BCUT2D eigenvalue weighted by Gasteiger charge is 2.35.